The van der Waals surface area contributed by atoms with Gasteiger partial charge in [-0.2, -0.15) is 0 Å². The van der Waals surface area contributed by atoms with Gasteiger partial charge in [0.25, 0.3) is 5.91 Å². The number of nitrogens with one attached hydrogen (secondary N) is 1. The first-order chi connectivity index (χ1) is 14.3. The molecule has 0 fully saturated rings. The van der Waals surface area contributed by atoms with Gasteiger partial charge in [0, 0.05) is 18.0 Å². The molecule has 0 aliphatic carbocycles. The third kappa shape index (κ3) is 5.99. The van der Waals surface area contributed by atoms with E-state index in [9.17, 15) is 18.0 Å². The first kappa shape index (κ1) is 22.2. The van der Waals surface area contributed by atoms with Crippen LogP contribution in [0.3, 0.4) is 0 Å². The molecule has 1 aliphatic heterocycles. The Morgan fingerprint density at radius 2 is 1.93 bits per heavy atom. The van der Waals surface area contributed by atoms with Crippen molar-refractivity contribution in [3.8, 4) is 0 Å². The van der Waals surface area contributed by atoms with Crippen LogP contribution in [0.15, 0.2) is 53.4 Å². The molecular weight excluding hydrogens is 424 g/mol. The number of amides is 1. The Balaban J connectivity index is 1.39. The van der Waals surface area contributed by atoms with Crippen molar-refractivity contribution in [1.82, 2.24) is 5.32 Å². The Hall–Kier alpha value is -2.52. The molecule has 0 atom stereocenters. The van der Waals surface area contributed by atoms with Crippen molar-refractivity contribution >= 4 is 39.3 Å². The van der Waals surface area contributed by atoms with Crippen molar-refractivity contribution in [3.05, 3.63) is 59.7 Å². The number of hydrogen-bond donors (Lipinski definition) is 1. The quantitative estimate of drug-likeness (QED) is 0.360. The molecule has 2 aromatic rings. The molecule has 0 spiro atoms. The molecule has 0 saturated carbocycles. The molecule has 9 heteroatoms. The predicted octanol–water partition coefficient (Wildman–Crippen LogP) is 2.46. The predicted molar refractivity (Wildman–Crippen MR) is 117 cm³/mol. The van der Waals surface area contributed by atoms with E-state index in [4.69, 9.17) is 4.74 Å². The van der Waals surface area contributed by atoms with Crippen molar-refractivity contribution in [2.75, 3.05) is 36.0 Å². The van der Waals surface area contributed by atoms with Gasteiger partial charge >= 0.3 is 5.97 Å². The molecule has 1 amide bonds. The van der Waals surface area contributed by atoms with Gasteiger partial charge in [-0.15, -0.1) is 11.8 Å². The first-order valence-electron chi connectivity index (χ1n) is 9.57. The molecule has 2 aromatic carbocycles. The molecule has 0 bridgehead atoms. The van der Waals surface area contributed by atoms with Crippen molar-refractivity contribution in [2.45, 2.75) is 17.7 Å². The van der Waals surface area contributed by atoms with Gasteiger partial charge in [0.2, 0.25) is 10.0 Å². The van der Waals surface area contributed by atoms with Crippen LogP contribution in [-0.4, -0.2) is 52.0 Å². The number of benzene rings is 2. The van der Waals surface area contributed by atoms with E-state index in [0.29, 0.717) is 30.8 Å². The Bertz CT molecular complexity index is 1010. The Morgan fingerprint density at radius 1 is 1.17 bits per heavy atom. The minimum absolute atomic E-state index is 0.302. The van der Waals surface area contributed by atoms with Gasteiger partial charge in [-0.1, -0.05) is 18.2 Å². The number of anilines is 1. The number of hydrogen-bond acceptors (Lipinski definition) is 6. The molecule has 0 aromatic heterocycles. The number of fused-ring (bicyclic) bond motifs is 1. The normalized spacial score (nSPS) is 13.0. The number of rotatable bonds is 9. The monoisotopic (exact) mass is 448 g/mol. The molecule has 7 nitrogen and oxygen atoms in total. The lowest BCUT2D eigenvalue weighted by molar-refractivity contribution is -0.124. The highest BCUT2D eigenvalue weighted by molar-refractivity contribution is 7.99. The van der Waals surface area contributed by atoms with Crippen LogP contribution < -0.4 is 9.62 Å². The Kier molecular flexibility index (Phi) is 7.38. The fraction of sp³-hybridized carbons (Fsp3) is 0.333. The maximum atomic E-state index is 12.2. The van der Waals surface area contributed by atoms with Crippen LogP contribution >= 0.6 is 11.8 Å². The van der Waals surface area contributed by atoms with Crippen LogP contribution in [0.1, 0.15) is 22.3 Å². The van der Waals surface area contributed by atoms with E-state index in [0.717, 1.165) is 24.0 Å². The Morgan fingerprint density at radius 3 is 2.67 bits per heavy atom. The highest BCUT2D eigenvalue weighted by Gasteiger charge is 2.27. The largest absolute Gasteiger partial charge is 0.452 e. The third-order valence-electron chi connectivity index (χ3n) is 4.56. The fourth-order valence-corrected chi connectivity index (χ4v) is 4.95. The van der Waals surface area contributed by atoms with Crippen LogP contribution in [0.25, 0.3) is 0 Å². The summed E-state index contributed by atoms with van der Waals surface area (Å²) in [5.41, 5.74) is 1.66. The summed E-state index contributed by atoms with van der Waals surface area (Å²) in [4.78, 5) is 25.3. The van der Waals surface area contributed by atoms with Crippen LogP contribution in [0, 0.1) is 0 Å². The maximum absolute atomic E-state index is 12.2. The fourth-order valence-electron chi connectivity index (χ4n) is 3.12. The van der Waals surface area contributed by atoms with Gasteiger partial charge in [0.1, 0.15) is 0 Å². The summed E-state index contributed by atoms with van der Waals surface area (Å²) >= 11 is 1.72. The SMILES string of the molecule is CS(=O)(=O)N1CCc2cc(C(=O)OCC(=O)NCCCSc3ccccc3)ccc21. The molecule has 1 N–H and O–H groups in total. The first-order valence-corrected chi connectivity index (χ1v) is 12.4. The molecule has 1 heterocycles. The van der Waals surface area contributed by atoms with Crippen molar-refractivity contribution < 1.29 is 22.7 Å². The lowest BCUT2D eigenvalue weighted by Gasteiger charge is -2.16. The molecule has 160 valence electrons. The molecule has 0 unspecified atom stereocenters. The van der Waals surface area contributed by atoms with E-state index in [1.54, 1.807) is 23.9 Å². The number of nitrogens with zero attached hydrogens (tertiary/aromatic N) is 1. The van der Waals surface area contributed by atoms with E-state index in [1.807, 2.05) is 30.3 Å². The molecule has 3 rings (SSSR count). The summed E-state index contributed by atoms with van der Waals surface area (Å²) in [6, 6.07) is 14.8. The van der Waals surface area contributed by atoms with Crippen LogP contribution in [-0.2, 0) is 26.0 Å². The number of carbonyl (C=O) groups is 2. The second-order valence-corrected chi connectivity index (χ2v) is 9.94. The van der Waals surface area contributed by atoms with E-state index in [-0.39, 0.29) is 12.5 Å². The number of esters is 1. The molecular formula is C21H24N2O5S2. The standard InChI is InChI=1S/C21H24N2O5S2/c1-30(26,27)23-12-10-16-14-17(8-9-19(16)23)21(25)28-15-20(24)22-11-5-13-29-18-6-3-2-4-7-18/h2-4,6-9,14H,5,10-13,15H2,1H3,(H,22,24). The van der Waals surface area contributed by atoms with Gasteiger partial charge in [-0.3, -0.25) is 9.10 Å². The second kappa shape index (κ2) is 9.99. The lowest BCUT2D eigenvalue weighted by atomic mass is 10.1. The zero-order valence-corrected chi connectivity index (χ0v) is 18.3. The smallest absolute Gasteiger partial charge is 0.338 e. The molecule has 0 radical (unpaired) electrons. The minimum atomic E-state index is -3.34. The summed E-state index contributed by atoms with van der Waals surface area (Å²) < 4.78 is 30.0. The topological polar surface area (TPSA) is 92.8 Å². The van der Waals surface area contributed by atoms with Gasteiger partial charge in [-0.05, 0) is 54.5 Å². The summed E-state index contributed by atoms with van der Waals surface area (Å²) in [6.45, 7) is 0.519. The van der Waals surface area contributed by atoms with Gasteiger partial charge < -0.3 is 10.1 Å². The van der Waals surface area contributed by atoms with Gasteiger partial charge in [0.05, 0.1) is 17.5 Å². The summed E-state index contributed by atoms with van der Waals surface area (Å²) in [5, 5.41) is 2.74. The molecule has 30 heavy (non-hydrogen) atoms. The lowest BCUT2D eigenvalue weighted by Crippen LogP contribution is -2.29. The van der Waals surface area contributed by atoms with Crippen molar-refractivity contribution in [3.63, 3.8) is 0 Å². The van der Waals surface area contributed by atoms with Crippen LogP contribution in [0.2, 0.25) is 0 Å². The number of carbonyl (C=O) groups excluding carboxylic acids is 2. The summed E-state index contributed by atoms with van der Waals surface area (Å²) in [5.74, 6) is -0.0770. The summed E-state index contributed by atoms with van der Waals surface area (Å²) in [6.07, 6.45) is 2.50. The zero-order valence-electron chi connectivity index (χ0n) is 16.7. The van der Waals surface area contributed by atoms with E-state index in [1.165, 1.54) is 15.3 Å². The van der Waals surface area contributed by atoms with Gasteiger partial charge in [0.15, 0.2) is 6.61 Å². The van der Waals surface area contributed by atoms with Crippen LogP contribution in [0.5, 0.6) is 0 Å². The van der Waals surface area contributed by atoms with E-state index in [2.05, 4.69) is 5.32 Å². The second-order valence-electron chi connectivity index (χ2n) is 6.87. The third-order valence-corrected chi connectivity index (χ3v) is 6.84. The number of sulfonamides is 1. The molecule has 0 saturated heterocycles. The molecule has 1 aliphatic rings. The number of thioether (sulfide) groups is 1. The highest BCUT2D eigenvalue weighted by atomic mass is 32.2. The van der Waals surface area contributed by atoms with E-state index < -0.39 is 16.0 Å². The van der Waals surface area contributed by atoms with Crippen molar-refractivity contribution in [1.29, 1.82) is 0 Å². The zero-order chi connectivity index (χ0) is 21.6. The Labute approximate surface area is 180 Å². The van der Waals surface area contributed by atoms with Gasteiger partial charge in [-0.25, -0.2) is 13.2 Å². The van der Waals surface area contributed by atoms with Crippen LogP contribution in [0.4, 0.5) is 5.69 Å². The average molecular weight is 449 g/mol. The minimum Gasteiger partial charge on any atom is -0.452 e. The van der Waals surface area contributed by atoms with E-state index >= 15 is 0 Å². The maximum Gasteiger partial charge on any atom is 0.338 e. The van der Waals surface area contributed by atoms with Crippen molar-refractivity contribution in [2.24, 2.45) is 0 Å². The summed E-state index contributed by atoms with van der Waals surface area (Å²) in [7, 11) is -3.34. The number of ether oxygens (including phenoxy) is 1. The average Bonchev–Trinajstić information content (AvgIpc) is 3.16. The highest BCUT2D eigenvalue weighted by Crippen LogP contribution is 2.30.